The van der Waals surface area contributed by atoms with Gasteiger partial charge in [0.2, 0.25) is 10.0 Å². The molecule has 172 valence electrons. The molecule has 9 heteroatoms. The molecule has 0 spiro atoms. The van der Waals surface area contributed by atoms with E-state index in [-0.39, 0.29) is 22.3 Å². The van der Waals surface area contributed by atoms with E-state index in [1.54, 1.807) is 13.0 Å². The van der Waals surface area contributed by atoms with Crippen LogP contribution in [0.4, 0.5) is 5.69 Å². The zero-order chi connectivity index (χ0) is 24.2. The van der Waals surface area contributed by atoms with Crippen LogP contribution in [0.3, 0.4) is 0 Å². The number of nitrogens with zero attached hydrogens (tertiary/aromatic N) is 3. The van der Waals surface area contributed by atoms with Gasteiger partial charge in [0.1, 0.15) is 0 Å². The first-order valence-electron chi connectivity index (χ1n) is 10.5. The van der Waals surface area contributed by atoms with Crippen molar-refractivity contribution in [3.8, 4) is 0 Å². The predicted octanol–water partition coefficient (Wildman–Crippen LogP) is 4.13. The van der Waals surface area contributed by atoms with Crippen molar-refractivity contribution in [2.45, 2.75) is 71.7 Å². The minimum absolute atomic E-state index is 0.0459. The number of pyridine rings is 1. The van der Waals surface area contributed by atoms with E-state index in [2.05, 4.69) is 10.4 Å². The van der Waals surface area contributed by atoms with E-state index in [0.717, 1.165) is 11.3 Å². The van der Waals surface area contributed by atoms with Gasteiger partial charge in [0.05, 0.1) is 27.1 Å². The van der Waals surface area contributed by atoms with E-state index in [4.69, 9.17) is 10.1 Å². The van der Waals surface area contributed by atoms with Gasteiger partial charge in [0.15, 0.2) is 5.65 Å². The summed E-state index contributed by atoms with van der Waals surface area (Å²) in [4.78, 5) is 18.3. The summed E-state index contributed by atoms with van der Waals surface area (Å²) in [6, 6.07) is 4.68. The molecule has 0 atom stereocenters. The second kappa shape index (κ2) is 7.97. The van der Waals surface area contributed by atoms with Crippen molar-refractivity contribution in [3.63, 3.8) is 0 Å². The number of nitrogens with two attached hydrogens (primary N) is 1. The molecule has 32 heavy (non-hydrogen) atoms. The molecule has 1 amide bonds. The molecular formula is C23H31N5O3S. The molecule has 0 fully saturated rings. The topological polar surface area (TPSA) is 120 Å². The maximum absolute atomic E-state index is 13.5. The number of primary sulfonamides is 1. The third-order valence-corrected chi connectivity index (χ3v) is 6.41. The third kappa shape index (κ3) is 4.40. The number of anilines is 1. The molecule has 1 aromatic carbocycles. The van der Waals surface area contributed by atoms with Gasteiger partial charge in [0, 0.05) is 11.4 Å². The molecule has 0 unspecified atom stereocenters. The smallest absolute Gasteiger partial charge is 0.256 e. The van der Waals surface area contributed by atoms with Crippen molar-refractivity contribution in [1.82, 2.24) is 14.8 Å². The Morgan fingerprint density at radius 2 is 1.75 bits per heavy atom. The highest BCUT2D eigenvalue weighted by molar-refractivity contribution is 7.89. The third-order valence-electron chi connectivity index (χ3n) is 5.52. The van der Waals surface area contributed by atoms with Gasteiger partial charge < -0.3 is 5.32 Å². The summed E-state index contributed by atoms with van der Waals surface area (Å²) < 4.78 is 25.6. The summed E-state index contributed by atoms with van der Waals surface area (Å²) in [6.45, 7) is 15.6. The van der Waals surface area contributed by atoms with E-state index < -0.39 is 10.0 Å². The molecule has 8 nitrogen and oxygen atoms in total. The largest absolute Gasteiger partial charge is 0.322 e. The molecule has 0 saturated heterocycles. The van der Waals surface area contributed by atoms with Crippen molar-refractivity contribution in [2.75, 3.05) is 5.32 Å². The summed E-state index contributed by atoms with van der Waals surface area (Å²) in [5.41, 5.74) is 4.14. The summed E-state index contributed by atoms with van der Waals surface area (Å²) in [7, 11) is -3.91. The summed E-state index contributed by atoms with van der Waals surface area (Å²) in [5.74, 6) is -0.255. The van der Waals surface area contributed by atoms with Crippen LogP contribution < -0.4 is 10.5 Å². The number of nitrogens with one attached hydrogen (secondary N) is 1. The summed E-state index contributed by atoms with van der Waals surface area (Å²) >= 11 is 0. The van der Waals surface area contributed by atoms with Gasteiger partial charge in [-0.1, -0.05) is 13.8 Å². The molecule has 2 aromatic heterocycles. The van der Waals surface area contributed by atoms with E-state index in [1.165, 1.54) is 12.1 Å². The molecule has 0 saturated carbocycles. The average Bonchev–Trinajstić information content (AvgIpc) is 3.00. The lowest BCUT2D eigenvalue weighted by Gasteiger charge is -2.20. The molecule has 2 heterocycles. The Balaban J connectivity index is 2.21. The number of benzene rings is 1. The van der Waals surface area contributed by atoms with Crippen molar-refractivity contribution >= 4 is 32.7 Å². The van der Waals surface area contributed by atoms with Gasteiger partial charge >= 0.3 is 0 Å². The molecule has 0 aliphatic carbocycles. The van der Waals surface area contributed by atoms with E-state index in [1.807, 2.05) is 53.1 Å². The van der Waals surface area contributed by atoms with Gasteiger partial charge in [-0.25, -0.2) is 23.2 Å². The van der Waals surface area contributed by atoms with Crippen molar-refractivity contribution in [2.24, 2.45) is 5.14 Å². The molecule has 3 aromatic rings. The van der Waals surface area contributed by atoms with Crippen LogP contribution in [0.2, 0.25) is 0 Å². The number of hydrogen-bond donors (Lipinski definition) is 2. The summed E-state index contributed by atoms with van der Waals surface area (Å²) in [6.07, 6.45) is 0. The molecule has 0 bridgehead atoms. The first kappa shape index (κ1) is 23.9. The predicted molar refractivity (Wildman–Crippen MR) is 127 cm³/mol. The van der Waals surface area contributed by atoms with Gasteiger partial charge in [-0.15, -0.1) is 0 Å². The van der Waals surface area contributed by atoms with Crippen LogP contribution in [0.25, 0.3) is 11.0 Å². The van der Waals surface area contributed by atoms with Crippen LogP contribution in [0.1, 0.15) is 73.4 Å². The van der Waals surface area contributed by atoms with E-state index >= 15 is 0 Å². The van der Waals surface area contributed by atoms with Crippen LogP contribution >= 0.6 is 0 Å². The number of amides is 1. The van der Waals surface area contributed by atoms with Gasteiger partial charge in [-0.05, 0) is 76.8 Å². The standard InChI is InChI=1S/C23H31N5O3S/c1-12(2)18-11-17(20-15(5)27-28(21(20)25-18)23(6,7)8)22(29)26-19-10-16(32(24,30)31)9-13(3)14(19)4/h9-12H,1-8H3,(H,26,29)(H2,24,30,31). The van der Waals surface area contributed by atoms with Crippen LogP contribution in [-0.4, -0.2) is 29.1 Å². The van der Waals surface area contributed by atoms with Crippen molar-refractivity contribution in [3.05, 3.63) is 46.3 Å². The fourth-order valence-corrected chi connectivity index (χ4v) is 4.18. The highest BCUT2D eigenvalue weighted by atomic mass is 32.2. The molecule has 0 aliphatic rings. The zero-order valence-corrected chi connectivity index (χ0v) is 20.7. The number of carbonyl (C=O) groups is 1. The second-order valence-corrected chi connectivity index (χ2v) is 11.1. The Bertz CT molecular complexity index is 1330. The number of carbonyl (C=O) groups excluding carboxylic acids is 1. The Morgan fingerprint density at radius 3 is 2.28 bits per heavy atom. The maximum Gasteiger partial charge on any atom is 0.256 e. The first-order valence-corrected chi connectivity index (χ1v) is 12.0. The van der Waals surface area contributed by atoms with Crippen LogP contribution in [0.5, 0.6) is 0 Å². The lowest BCUT2D eigenvalue weighted by Crippen LogP contribution is -2.24. The lowest BCUT2D eigenvalue weighted by atomic mass is 10.0. The highest BCUT2D eigenvalue weighted by Gasteiger charge is 2.26. The van der Waals surface area contributed by atoms with Gasteiger partial charge in [0.25, 0.3) is 5.91 Å². The number of sulfonamides is 1. The fraction of sp³-hybridized carbons (Fsp3) is 0.435. The number of hydrogen-bond acceptors (Lipinski definition) is 5. The van der Waals surface area contributed by atoms with Crippen LogP contribution in [-0.2, 0) is 15.6 Å². The number of aromatic nitrogens is 3. The molecule has 3 rings (SSSR count). The number of aryl methyl sites for hydroxylation is 2. The number of fused-ring (bicyclic) bond motifs is 1. The monoisotopic (exact) mass is 457 g/mol. The average molecular weight is 458 g/mol. The normalized spacial score (nSPS) is 12.6. The van der Waals surface area contributed by atoms with Crippen LogP contribution in [0.15, 0.2) is 23.1 Å². The van der Waals surface area contributed by atoms with E-state index in [0.29, 0.717) is 33.5 Å². The summed E-state index contributed by atoms with van der Waals surface area (Å²) in [5, 5.41) is 13.6. The minimum Gasteiger partial charge on any atom is -0.322 e. The second-order valence-electron chi connectivity index (χ2n) is 9.53. The maximum atomic E-state index is 13.5. The van der Waals surface area contributed by atoms with Crippen molar-refractivity contribution < 1.29 is 13.2 Å². The fourth-order valence-electron chi connectivity index (χ4n) is 3.56. The van der Waals surface area contributed by atoms with Gasteiger partial charge in [-0.3, -0.25) is 4.79 Å². The SMILES string of the molecule is Cc1cc(S(N)(=O)=O)cc(NC(=O)c2cc(C(C)C)nc3c2c(C)nn3C(C)(C)C)c1C. The van der Waals surface area contributed by atoms with Crippen LogP contribution in [0, 0.1) is 20.8 Å². The minimum atomic E-state index is -3.91. The quantitative estimate of drug-likeness (QED) is 0.610. The number of rotatable bonds is 4. The molecule has 3 N–H and O–H groups in total. The first-order chi connectivity index (χ1) is 14.6. The van der Waals surface area contributed by atoms with E-state index in [9.17, 15) is 13.2 Å². The van der Waals surface area contributed by atoms with Crippen molar-refractivity contribution in [1.29, 1.82) is 0 Å². The zero-order valence-electron chi connectivity index (χ0n) is 19.9. The molecule has 0 radical (unpaired) electrons. The Labute approximate surface area is 189 Å². The highest BCUT2D eigenvalue weighted by Crippen LogP contribution is 2.30. The van der Waals surface area contributed by atoms with Gasteiger partial charge in [-0.2, -0.15) is 5.10 Å². The Morgan fingerprint density at radius 1 is 1.12 bits per heavy atom. The molecular weight excluding hydrogens is 426 g/mol. The Hall–Kier alpha value is -2.78. The molecule has 0 aliphatic heterocycles. The lowest BCUT2D eigenvalue weighted by molar-refractivity contribution is 0.102. The Kier molecular flexibility index (Phi) is 5.95.